The first-order chi connectivity index (χ1) is 51.8. The monoisotopic (exact) mass is 1440 g/mol. The van der Waals surface area contributed by atoms with Gasteiger partial charge >= 0.3 is 23.9 Å². The third kappa shape index (κ3) is 28.9. The molecule has 0 aliphatic heterocycles. The van der Waals surface area contributed by atoms with Crippen LogP contribution in [0.2, 0.25) is 0 Å². The van der Waals surface area contributed by atoms with Crippen molar-refractivity contribution in [2.45, 2.75) is 130 Å². The van der Waals surface area contributed by atoms with E-state index in [1.165, 1.54) is 126 Å². The Kier molecular flexibility index (Phi) is 32.1. The van der Waals surface area contributed by atoms with Gasteiger partial charge in [-0.1, -0.05) is 152 Å². The summed E-state index contributed by atoms with van der Waals surface area (Å²) in [6.07, 6.45) is 20.1. The zero-order valence-corrected chi connectivity index (χ0v) is 63.7. The normalized spacial score (nSPS) is 13.5. The number of esters is 4. The molecule has 4 saturated carbocycles. The highest BCUT2D eigenvalue weighted by Gasteiger charge is 2.28. The van der Waals surface area contributed by atoms with Crippen LogP contribution in [0.4, 0.5) is 0 Å². The molecule has 12 heteroatoms. The molecule has 4 fully saturated rings. The lowest BCUT2D eigenvalue weighted by Crippen LogP contribution is -2.19. The molecule has 4 aliphatic rings. The summed E-state index contributed by atoms with van der Waals surface area (Å²) < 4.78 is 18.6. The molecule has 0 heterocycles. The molecule has 4 aliphatic carbocycles. The Morgan fingerprint density at radius 3 is 1.05 bits per heavy atom. The lowest BCUT2D eigenvalue weighted by molar-refractivity contribution is -0.136. The van der Waals surface area contributed by atoms with Crippen molar-refractivity contribution in [3.05, 3.63) is 306 Å². The van der Waals surface area contributed by atoms with Crippen LogP contribution in [-0.2, 0) is 64.3 Å². The van der Waals surface area contributed by atoms with Crippen molar-refractivity contribution in [1.29, 1.82) is 0 Å². The number of hydrogen-bond donors (Lipinski definition) is 0. The van der Waals surface area contributed by atoms with Crippen molar-refractivity contribution >= 4 is 47.7 Å². The van der Waals surface area contributed by atoms with E-state index in [2.05, 4.69) is 189 Å². The van der Waals surface area contributed by atoms with Gasteiger partial charge in [-0.15, -0.1) is 0 Å². The molecule has 0 unspecified atom stereocenters. The molecule has 0 saturated heterocycles. The predicted octanol–water partition coefficient (Wildman–Crippen LogP) is 17.2. The average Bonchev–Trinajstić information content (AvgIpc) is 1.83. The number of carbonyl (C=O) groups is 4. The number of allylic oxidation sites excluding steroid dienone is 1. The van der Waals surface area contributed by atoms with E-state index >= 15 is 0 Å². The second-order valence-electron chi connectivity index (χ2n) is 27.7. The van der Waals surface area contributed by atoms with Gasteiger partial charge < -0.3 is 18.9 Å². The maximum absolute atomic E-state index is 11.5. The van der Waals surface area contributed by atoms with Gasteiger partial charge in [0.15, 0.2) is 0 Å². The van der Waals surface area contributed by atoms with Crippen LogP contribution in [0.25, 0.3) is 23.8 Å². The molecular formula is C96H102N4O8. The van der Waals surface area contributed by atoms with Gasteiger partial charge in [0.25, 0.3) is 0 Å². The Labute approximate surface area is 642 Å². The highest BCUT2D eigenvalue weighted by molar-refractivity contribution is 5.93. The van der Waals surface area contributed by atoms with Crippen LogP contribution >= 0.6 is 0 Å². The topological polar surface area (TPSA) is 118 Å². The lowest BCUT2D eigenvalue weighted by atomic mass is 10.0. The second-order valence-corrected chi connectivity index (χ2v) is 27.7. The van der Waals surface area contributed by atoms with Crippen molar-refractivity contribution < 1.29 is 38.1 Å². The van der Waals surface area contributed by atoms with E-state index in [0.29, 0.717) is 5.57 Å². The van der Waals surface area contributed by atoms with Crippen molar-refractivity contribution in [2.75, 3.05) is 56.6 Å². The van der Waals surface area contributed by atoms with Crippen LogP contribution in [0.1, 0.15) is 167 Å². The summed E-state index contributed by atoms with van der Waals surface area (Å²) in [6, 6.07) is 66.3. The van der Waals surface area contributed by atoms with Crippen LogP contribution < -0.4 is 0 Å². The largest absolute Gasteiger partial charge is 0.466 e. The standard InChI is InChI=1S/3C24H25NO2.C23H23NO2.CH4/c1-18-4-5-21(17-25(2)23-13-14-23)16-22(18)12-10-19-6-8-20(9-7-19)11-15-24(26)27-3;1-18(24(26)27-3)15-21-11-8-19(9-12-21)7-10-20-5-4-6-22(16-20)17-25(2)23-13-14-23;1-18(15-24(26)27-3)22-11-9-19(10-12-22)7-8-20-5-4-6-21(16-20)17-25(2)23-13-14-23;1-24(22-13-14-22)17-21-5-3-4-20(16-21)11-10-18-6-8-19(9-7-18)12-15-23(25)26-2;/h4-9,11,15-16,23H,13-14,17H2,1-3H3;4-6,8-9,11-12,15-16,23H,13-14,17H2,1-3H3;4-6,9-12,15-16,23H,13-14,17H2,1-3H3;3-9,12,15-16,22H,13-14,17H2,1-2H3;1H4/b15-11+;18-15+;18-15-;15-12+;. The van der Waals surface area contributed by atoms with E-state index in [1.54, 1.807) is 19.1 Å². The molecule has 0 N–H and O–H groups in total. The molecule has 554 valence electrons. The van der Waals surface area contributed by atoms with Gasteiger partial charge in [0.1, 0.15) is 0 Å². The smallest absolute Gasteiger partial charge is 0.333 e. The summed E-state index contributed by atoms with van der Waals surface area (Å²) in [6.45, 7) is 9.62. The zero-order valence-electron chi connectivity index (χ0n) is 63.7. The first-order valence-electron chi connectivity index (χ1n) is 36.5. The molecular weight excluding hydrogens is 1340 g/mol. The Hall–Kier alpha value is -11.3. The Balaban J connectivity index is 0.000000181. The third-order valence-corrected chi connectivity index (χ3v) is 18.6. The summed E-state index contributed by atoms with van der Waals surface area (Å²) in [5.74, 6) is 24.5. The molecule has 0 atom stereocenters. The van der Waals surface area contributed by atoms with Gasteiger partial charge in [-0.25, -0.2) is 19.2 Å². The van der Waals surface area contributed by atoms with Gasteiger partial charge in [-0.3, -0.25) is 19.6 Å². The van der Waals surface area contributed by atoms with Crippen molar-refractivity contribution in [1.82, 2.24) is 19.6 Å². The first kappa shape index (κ1) is 82.3. The maximum Gasteiger partial charge on any atom is 0.333 e. The van der Waals surface area contributed by atoms with Crippen LogP contribution in [0, 0.1) is 54.3 Å². The van der Waals surface area contributed by atoms with Crippen molar-refractivity contribution in [3.8, 4) is 47.4 Å². The van der Waals surface area contributed by atoms with Crippen molar-refractivity contribution in [2.24, 2.45) is 0 Å². The summed E-state index contributed by atoms with van der Waals surface area (Å²) >= 11 is 0. The number of aryl methyl sites for hydroxylation is 1. The summed E-state index contributed by atoms with van der Waals surface area (Å²) in [7, 11) is 14.3. The number of ether oxygens (including phenoxy) is 4. The minimum Gasteiger partial charge on any atom is -0.466 e. The number of benzene rings is 8. The summed E-state index contributed by atoms with van der Waals surface area (Å²) in [5, 5.41) is 0. The van der Waals surface area contributed by atoms with Gasteiger partial charge in [0.2, 0.25) is 0 Å². The Morgan fingerprint density at radius 2 is 0.704 bits per heavy atom. The molecule has 0 amide bonds. The fourth-order valence-electron chi connectivity index (χ4n) is 11.5. The molecule has 8 aromatic rings. The fourth-order valence-corrected chi connectivity index (χ4v) is 11.5. The zero-order chi connectivity index (χ0) is 76.0. The number of rotatable bonds is 20. The molecule has 0 spiro atoms. The minimum absolute atomic E-state index is 0. The van der Waals surface area contributed by atoms with Gasteiger partial charge in [0, 0.05) is 119 Å². The van der Waals surface area contributed by atoms with Gasteiger partial charge in [-0.05, 0) is 265 Å². The molecule has 108 heavy (non-hydrogen) atoms. The fraction of sp³-hybridized carbons (Fsp3) is 0.292. The molecule has 0 aromatic heterocycles. The highest BCUT2D eigenvalue weighted by atomic mass is 16.5. The van der Waals surface area contributed by atoms with Crippen LogP contribution in [0.3, 0.4) is 0 Å². The van der Waals surface area contributed by atoms with E-state index in [-0.39, 0.29) is 31.3 Å². The SMILES string of the molecule is C.COC(=O)/C(C)=C/c1ccc(C#Cc2cccc(CN(C)C3CC3)c2)cc1.COC(=O)/C=C(/C)c1ccc(C#Cc2cccc(CN(C)C3CC3)c2)cc1.COC(=O)/C=C/c1ccc(C#Cc2cc(CN(C)C3CC3)ccc2C)cc1.COC(=O)/C=C/c1ccc(C#Cc2cccc(CN(C)C3CC3)c2)cc1. The van der Waals surface area contributed by atoms with E-state index in [0.717, 1.165) is 123 Å². The molecule has 12 rings (SSSR count). The van der Waals surface area contributed by atoms with Crippen LogP contribution in [0.15, 0.2) is 212 Å². The quantitative estimate of drug-likeness (QED) is 0.0313. The summed E-state index contributed by atoms with van der Waals surface area (Å²) in [4.78, 5) is 54.7. The van der Waals surface area contributed by atoms with E-state index in [9.17, 15) is 19.2 Å². The minimum atomic E-state index is -0.360. The Morgan fingerprint density at radius 1 is 0.380 bits per heavy atom. The molecule has 0 bridgehead atoms. The lowest BCUT2D eigenvalue weighted by Gasteiger charge is -2.16. The second kappa shape index (κ2) is 42.1. The van der Waals surface area contributed by atoms with Crippen LogP contribution in [0.5, 0.6) is 0 Å². The third-order valence-electron chi connectivity index (χ3n) is 18.6. The highest BCUT2D eigenvalue weighted by Crippen LogP contribution is 2.30. The van der Waals surface area contributed by atoms with Gasteiger partial charge in [-0.2, -0.15) is 0 Å². The summed E-state index contributed by atoms with van der Waals surface area (Å²) in [5.41, 5.74) is 19.6. The average molecular weight is 1440 g/mol. The van der Waals surface area contributed by atoms with Gasteiger partial charge in [0.05, 0.1) is 28.4 Å². The number of nitrogens with zero attached hydrogens (tertiary/aromatic N) is 4. The van der Waals surface area contributed by atoms with E-state index in [1.807, 2.05) is 128 Å². The molecule has 0 radical (unpaired) electrons. The molecule has 12 nitrogen and oxygen atoms in total. The number of methoxy groups -OCH3 is 4. The Bertz CT molecular complexity index is 4750. The van der Waals surface area contributed by atoms with E-state index in [4.69, 9.17) is 4.74 Å². The van der Waals surface area contributed by atoms with Crippen LogP contribution in [-0.4, -0.2) is 124 Å². The van der Waals surface area contributed by atoms with E-state index < -0.39 is 0 Å². The first-order valence-corrected chi connectivity index (χ1v) is 36.5. The number of carbonyl (C=O) groups excluding carboxylic acids is 4. The molecule has 8 aromatic carbocycles. The maximum atomic E-state index is 11.5. The van der Waals surface area contributed by atoms with Crippen molar-refractivity contribution in [3.63, 3.8) is 0 Å². The predicted molar refractivity (Wildman–Crippen MR) is 438 cm³/mol. The number of hydrogen-bond acceptors (Lipinski definition) is 12.